The van der Waals surface area contributed by atoms with Crippen LogP contribution in [0.2, 0.25) is 0 Å². The van der Waals surface area contributed by atoms with E-state index in [0.717, 1.165) is 30.5 Å². The Kier molecular flexibility index (Phi) is 5.13. The van der Waals surface area contributed by atoms with Gasteiger partial charge in [-0.25, -0.2) is 9.78 Å². The molecule has 1 heterocycles. The SMILES string of the molecule is CCCCC(C)Nc1nc(C)cc(C)c1C(=O)O. The predicted molar refractivity (Wildman–Crippen MR) is 73.3 cm³/mol. The number of hydrogen-bond donors (Lipinski definition) is 2. The third kappa shape index (κ3) is 3.72. The number of aromatic nitrogens is 1. The van der Waals surface area contributed by atoms with Gasteiger partial charge in [0.15, 0.2) is 0 Å². The Bertz CT molecular complexity index is 430. The minimum Gasteiger partial charge on any atom is -0.478 e. The van der Waals surface area contributed by atoms with E-state index in [1.807, 2.05) is 6.92 Å². The van der Waals surface area contributed by atoms with Gasteiger partial charge in [0, 0.05) is 11.7 Å². The molecule has 0 amide bonds. The van der Waals surface area contributed by atoms with Crippen LogP contribution < -0.4 is 5.32 Å². The summed E-state index contributed by atoms with van der Waals surface area (Å²) in [6, 6.07) is 2.03. The highest BCUT2D eigenvalue weighted by Gasteiger charge is 2.16. The predicted octanol–water partition coefficient (Wildman–Crippen LogP) is 3.39. The molecule has 0 spiro atoms. The second-order valence-corrected chi connectivity index (χ2v) is 4.80. The van der Waals surface area contributed by atoms with Crippen LogP contribution in [0.15, 0.2) is 6.07 Å². The van der Waals surface area contributed by atoms with Gasteiger partial charge in [-0.15, -0.1) is 0 Å². The molecule has 0 fully saturated rings. The normalized spacial score (nSPS) is 12.2. The Morgan fingerprint density at radius 3 is 2.72 bits per heavy atom. The molecule has 2 N–H and O–H groups in total. The number of unbranched alkanes of at least 4 members (excludes halogenated alkanes) is 1. The minimum atomic E-state index is -0.926. The molecule has 0 saturated carbocycles. The van der Waals surface area contributed by atoms with Gasteiger partial charge in [-0.2, -0.15) is 0 Å². The first-order chi connectivity index (χ1) is 8.45. The third-order valence-corrected chi connectivity index (χ3v) is 2.93. The van der Waals surface area contributed by atoms with Crippen molar-refractivity contribution in [3.05, 3.63) is 22.9 Å². The van der Waals surface area contributed by atoms with Crippen molar-refractivity contribution >= 4 is 11.8 Å². The number of nitrogens with zero attached hydrogens (tertiary/aromatic N) is 1. The van der Waals surface area contributed by atoms with Gasteiger partial charge in [0.2, 0.25) is 0 Å². The van der Waals surface area contributed by atoms with E-state index in [-0.39, 0.29) is 11.6 Å². The summed E-state index contributed by atoms with van der Waals surface area (Å²) in [5.74, 6) is -0.436. The second kappa shape index (κ2) is 6.38. The highest BCUT2D eigenvalue weighted by molar-refractivity contribution is 5.94. The molecule has 4 nitrogen and oxygen atoms in total. The number of aryl methyl sites for hydroxylation is 2. The number of rotatable bonds is 6. The fourth-order valence-electron chi connectivity index (χ4n) is 2.03. The van der Waals surface area contributed by atoms with Crippen molar-refractivity contribution in [1.29, 1.82) is 0 Å². The number of aromatic carboxylic acids is 1. The lowest BCUT2D eigenvalue weighted by molar-refractivity contribution is 0.0697. The standard InChI is InChI=1S/C14H22N2O2/c1-5-6-7-10(3)15-13-12(14(17)18)9(2)8-11(4)16-13/h8,10H,5-7H2,1-4H3,(H,15,16)(H,17,18). The molecule has 0 radical (unpaired) electrons. The molecule has 100 valence electrons. The number of carboxylic acid groups (broad SMARTS) is 1. The summed E-state index contributed by atoms with van der Waals surface area (Å²) in [6.07, 6.45) is 3.28. The highest BCUT2D eigenvalue weighted by atomic mass is 16.4. The fraction of sp³-hybridized carbons (Fsp3) is 0.571. The maximum Gasteiger partial charge on any atom is 0.339 e. The van der Waals surface area contributed by atoms with Crippen molar-refractivity contribution in [1.82, 2.24) is 4.98 Å². The summed E-state index contributed by atoms with van der Waals surface area (Å²) in [7, 11) is 0. The number of pyridine rings is 1. The zero-order chi connectivity index (χ0) is 13.7. The third-order valence-electron chi connectivity index (χ3n) is 2.93. The first-order valence-corrected chi connectivity index (χ1v) is 6.43. The average Bonchev–Trinajstić information content (AvgIpc) is 2.24. The number of nitrogens with one attached hydrogen (secondary N) is 1. The Balaban J connectivity index is 2.96. The maximum absolute atomic E-state index is 11.3. The largest absolute Gasteiger partial charge is 0.478 e. The van der Waals surface area contributed by atoms with Gasteiger partial charge in [-0.1, -0.05) is 19.8 Å². The molecule has 0 saturated heterocycles. The van der Waals surface area contributed by atoms with Crippen molar-refractivity contribution in [2.45, 2.75) is 53.0 Å². The first kappa shape index (κ1) is 14.5. The molecule has 0 aliphatic carbocycles. The van der Waals surface area contributed by atoms with Crippen molar-refractivity contribution < 1.29 is 9.90 Å². The van der Waals surface area contributed by atoms with Crippen LogP contribution in [0.4, 0.5) is 5.82 Å². The Morgan fingerprint density at radius 1 is 1.50 bits per heavy atom. The van der Waals surface area contributed by atoms with Crippen LogP contribution in [-0.4, -0.2) is 22.1 Å². The fourth-order valence-corrected chi connectivity index (χ4v) is 2.03. The van der Waals surface area contributed by atoms with Crippen LogP contribution in [0.1, 0.15) is 54.7 Å². The lowest BCUT2D eigenvalue weighted by Crippen LogP contribution is -2.19. The van der Waals surface area contributed by atoms with E-state index in [2.05, 4.69) is 24.1 Å². The summed E-state index contributed by atoms with van der Waals surface area (Å²) < 4.78 is 0. The van der Waals surface area contributed by atoms with E-state index in [1.54, 1.807) is 13.0 Å². The van der Waals surface area contributed by atoms with Gasteiger partial charge in [-0.05, 0) is 38.8 Å². The summed E-state index contributed by atoms with van der Waals surface area (Å²) in [5.41, 5.74) is 1.87. The van der Waals surface area contributed by atoms with Crippen molar-refractivity contribution in [3.63, 3.8) is 0 Å². The molecule has 1 aromatic rings. The van der Waals surface area contributed by atoms with E-state index in [1.165, 1.54) is 0 Å². The molecule has 1 rings (SSSR count). The highest BCUT2D eigenvalue weighted by Crippen LogP contribution is 2.20. The van der Waals surface area contributed by atoms with Crippen LogP contribution in [0.25, 0.3) is 0 Å². The van der Waals surface area contributed by atoms with Gasteiger partial charge < -0.3 is 10.4 Å². The van der Waals surface area contributed by atoms with Gasteiger partial charge >= 0.3 is 5.97 Å². The number of anilines is 1. The van der Waals surface area contributed by atoms with Crippen LogP contribution in [0.5, 0.6) is 0 Å². The topological polar surface area (TPSA) is 62.2 Å². The average molecular weight is 250 g/mol. The molecule has 1 unspecified atom stereocenters. The maximum atomic E-state index is 11.3. The first-order valence-electron chi connectivity index (χ1n) is 6.43. The van der Waals surface area contributed by atoms with Gasteiger partial charge in [0.05, 0.1) is 0 Å². The molecule has 0 aromatic carbocycles. The molecule has 1 aromatic heterocycles. The zero-order valence-corrected chi connectivity index (χ0v) is 11.6. The molecular weight excluding hydrogens is 228 g/mol. The van der Waals surface area contributed by atoms with E-state index >= 15 is 0 Å². The number of carboxylic acids is 1. The van der Waals surface area contributed by atoms with E-state index in [9.17, 15) is 9.90 Å². The number of carbonyl (C=O) groups is 1. The van der Waals surface area contributed by atoms with E-state index in [4.69, 9.17) is 0 Å². The Morgan fingerprint density at radius 2 is 2.17 bits per heavy atom. The number of hydrogen-bond acceptors (Lipinski definition) is 3. The van der Waals surface area contributed by atoms with Crippen molar-refractivity contribution in [2.75, 3.05) is 5.32 Å². The zero-order valence-electron chi connectivity index (χ0n) is 11.6. The Labute approximate surface area is 108 Å². The van der Waals surface area contributed by atoms with Gasteiger partial charge in [-0.3, -0.25) is 0 Å². The van der Waals surface area contributed by atoms with Gasteiger partial charge in [0.1, 0.15) is 11.4 Å². The lowest BCUT2D eigenvalue weighted by Gasteiger charge is -2.17. The van der Waals surface area contributed by atoms with E-state index < -0.39 is 5.97 Å². The van der Waals surface area contributed by atoms with E-state index in [0.29, 0.717) is 5.82 Å². The van der Waals surface area contributed by atoms with Crippen LogP contribution >= 0.6 is 0 Å². The molecule has 18 heavy (non-hydrogen) atoms. The summed E-state index contributed by atoms with van der Waals surface area (Å²) in [4.78, 5) is 15.6. The molecule has 0 bridgehead atoms. The molecule has 0 aliphatic rings. The quantitative estimate of drug-likeness (QED) is 0.812. The lowest BCUT2D eigenvalue weighted by atomic mass is 10.1. The minimum absolute atomic E-state index is 0.233. The molecule has 1 atom stereocenters. The molecule has 0 aliphatic heterocycles. The molecule has 4 heteroatoms. The van der Waals surface area contributed by atoms with Crippen molar-refractivity contribution in [2.24, 2.45) is 0 Å². The van der Waals surface area contributed by atoms with Crippen LogP contribution in [0.3, 0.4) is 0 Å². The summed E-state index contributed by atoms with van der Waals surface area (Å²) >= 11 is 0. The van der Waals surface area contributed by atoms with Gasteiger partial charge in [0.25, 0.3) is 0 Å². The van der Waals surface area contributed by atoms with Crippen molar-refractivity contribution in [3.8, 4) is 0 Å². The monoisotopic (exact) mass is 250 g/mol. The van der Waals surface area contributed by atoms with Crippen LogP contribution in [0, 0.1) is 13.8 Å². The Hall–Kier alpha value is -1.58. The molecular formula is C14H22N2O2. The van der Waals surface area contributed by atoms with Crippen LogP contribution in [-0.2, 0) is 0 Å². The smallest absolute Gasteiger partial charge is 0.339 e. The summed E-state index contributed by atoms with van der Waals surface area (Å²) in [5, 5.41) is 12.5. The summed E-state index contributed by atoms with van der Waals surface area (Å²) in [6.45, 7) is 7.88. The second-order valence-electron chi connectivity index (χ2n) is 4.80.